The predicted octanol–water partition coefficient (Wildman–Crippen LogP) is 1.43. The molecule has 1 aliphatic heterocycles. The van der Waals surface area contributed by atoms with E-state index in [1.54, 1.807) is 19.1 Å². The molecule has 0 spiro atoms. The number of benzene rings is 1. The van der Waals surface area contributed by atoms with Crippen molar-refractivity contribution in [1.82, 2.24) is 0 Å². The second-order valence-corrected chi connectivity index (χ2v) is 5.28. The first-order valence-electron chi connectivity index (χ1n) is 5.54. The van der Waals surface area contributed by atoms with Crippen molar-refractivity contribution >= 4 is 35.0 Å². The van der Waals surface area contributed by atoms with Gasteiger partial charge in [0.05, 0.1) is 17.4 Å². The molecule has 1 aromatic rings. The summed E-state index contributed by atoms with van der Waals surface area (Å²) in [6, 6.07) is 5.36. The van der Waals surface area contributed by atoms with Crippen molar-refractivity contribution < 1.29 is 14.7 Å². The Morgan fingerprint density at radius 1 is 1.61 bits per heavy atom. The van der Waals surface area contributed by atoms with Crippen LogP contribution in [-0.2, 0) is 9.59 Å². The molecule has 1 atom stereocenters. The number of carboxylic acids is 1. The van der Waals surface area contributed by atoms with E-state index < -0.39 is 11.9 Å². The monoisotopic (exact) mass is 266 g/mol. The molecule has 0 fully saturated rings. The van der Waals surface area contributed by atoms with Crippen molar-refractivity contribution in [1.29, 1.82) is 0 Å². The SMILES string of the molecule is CC(CN1C(=O)CSc2ccc(N)cc21)C(=O)O. The van der Waals surface area contributed by atoms with Gasteiger partial charge in [-0.25, -0.2) is 0 Å². The molecule has 1 heterocycles. The molecular weight excluding hydrogens is 252 g/mol. The zero-order valence-corrected chi connectivity index (χ0v) is 10.7. The van der Waals surface area contributed by atoms with Gasteiger partial charge >= 0.3 is 5.97 Å². The number of hydrogen-bond acceptors (Lipinski definition) is 4. The van der Waals surface area contributed by atoms with Gasteiger partial charge in [0.1, 0.15) is 0 Å². The van der Waals surface area contributed by atoms with Crippen LogP contribution in [0.25, 0.3) is 0 Å². The Kier molecular flexibility index (Phi) is 3.47. The lowest BCUT2D eigenvalue weighted by Crippen LogP contribution is -2.40. The lowest BCUT2D eigenvalue weighted by atomic mass is 10.1. The van der Waals surface area contributed by atoms with Gasteiger partial charge in [0, 0.05) is 17.1 Å². The van der Waals surface area contributed by atoms with Gasteiger partial charge in [-0.3, -0.25) is 9.59 Å². The second-order valence-electron chi connectivity index (χ2n) is 4.26. The Morgan fingerprint density at radius 3 is 3.00 bits per heavy atom. The number of fused-ring (bicyclic) bond motifs is 1. The second kappa shape index (κ2) is 4.89. The van der Waals surface area contributed by atoms with Crippen LogP contribution in [-0.4, -0.2) is 29.3 Å². The molecule has 0 aliphatic carbocycles. The average molecular weight is 266 g/mol. The fourth-order valence-corrected chi connectivity index (χ4v) is 2.69. The van der Waals surface area contributed by atoms with E-state index in [4.69, 9.17) is 10.8 Å². The van der Waals surface area contributed by atoms with Crippen molar-refractivity contribution in [2.24, 2.45) is 5.92 Å². The number of rotatable bonds is 3. The fraction of sp³-hybridized carbons (Fsp3) is 0.333. The topological polar surface area (TPSA) is 83.6 Å². The molecule has 2 rings (SSSR count). The van der Waals surface area contributed by atoms with Crippen LogP contribution in [0.2, 0.25) is 0 Å². The summed E-state index contributed by atoms with van der Waals surface area (Å²) in [6.07, 6.45) is 0. The molecule has 0 saturated heterocycles. The third-order valence-corrected chi connectivity index (χ3v) is 3.85. The molecule has 1 aromatic carbocycles. The normalized spacial score (nSPS) is 16.3. The zero-order chi connectivity index (χ0) is 13.3. The highest BCUT2D eigenvalue weighted by atomic mass is 32.2. The van der Waals surface area contributed by atoms with E-state index in [1.807, 2.05) is 6.07 Å². The Hall–Kier alpha value is -1.69. The fourth-order valence-electron chi connectivity index (χ4n) is 1.77. The maximum atomic E-state index is 11.9. The first-order chi connectivity index (χ1) is 8.49. The van der Waals surface area contributed by atoms with Crippen LogP contribution in [0.4, 0.5) is 11.4 Å². The first kappa shape index (κ1) is 12.8. The maximum Gasteiger partial charge on any atom is 0.308 e. The minimum atomic E-state index is -0.911. The molecule has 96 valence electrons. The highest BCUT2D eigenvalue weighted by Crippen LogP contribution is 2.36. The average Bonchev–Trinajstić information content (AvgIpc) is 2.32. The van der Waals surface area contributed by atoms with E-state index >= 15 is 0 Å². The Bertz CT molecular complexity index is 504. The van der Waals surface area contributed by atoms with Gasteiger partial charge in [-0.1, -0.05) is 6.92 Å². The number of nitrogens with zero attached hydrogens (tertiary/aromatic N) is 1. The Labute approximate surface area is 109 Å². The van der Waals surface area contributed by atoms with E-state index in [0.29, 0.717) is 17.1 Å². The van der Waals surface area contributed by atoms with Crippen LogP contribution in [0.3, 0.4) is 0 Å². The number of thioether (sulfide) groups is 1. The zero-order valence-electron chi connectivity index (χ0n) is 9.92. The van der Waals surface area contributed by atoms with Crippen LogP contribution in [0.1, 0.15) is 6.92 Å². The number of carboxylic acid groups (broad SMARTS) is 1. The van der Waals surface area contributed by atoms with Crippen LogP contribution < -0.4 is 10.6 Å². The van der Waals surface area contributed by atoms with Crippen LogP contribution in [0, 0.1) is 5.92 Å². The third kappa shape index (κ3) is 2.43. The molecule has 0 radical (unpaired) electrons. The number of hydrogen-bond donors (Lipinski definition) is 2. The number of amides is 1. The van der Waals surface area contributed by atoms with Gasteiger partial charge in [-0.05, 0) is 18.2 Å². The Balaban J connectivity index is 2.32. The van der Waals surface area contributed by atoms with E-state index in [9.17, 15) is 9.59 Å². The number of anilines is 2. The lowest BCUT2D eigenvalue weighted by molar-refractivity contribution is -0.140. The molecule has 1 amide bonds. The summed E-state index contributed by atoms with van der Waals surface area (Å²) in [4.78, 5) is 25.3. The van der Waals surface area contributed by atoms with Crippen molar-refractivity contribution in [2.75, 3.05) is 22.9 Å². The molecular formula is C12H14N2O3S. The lowest BCUT2D eigenvalue weighted by Gasteiger charge is -2.30. The summed E-state index contributed by atoms with van der Waals surface area (Å²) in [5.41, 5.74) is 7.00. The minimum absolute atomic E-state index is 0.0776. The number of carbonyl (C=O) groups excluding carboxylic acids is 1. The largest absolute Gasteiger partial charge is 0.481 e. The van der Waals surface area contributed by atoms with Gasteiger partial charge in [-0.15, -0.1) is 11.8 Å². The van der Waals surface area contributed by atoms with Gasteiger partial charge in [0.25, 0.3) is 0 Å². The van der Waals surface area contributed by atoms with Crippen molar-refractivity contribution in [3.63, 3.8) is 0 Å². The quantitative estimate of drug-likeness (QED) is 0.808. The van der Waals surface area contributed by atoms with Crippen LogP contribution >= 0.6 is 11.8 Å². The Morgan fingerprint density at radius 2 is 2.33 bits per heavy atom. The first-order valence-corrected chi connectivity index (χ1v) is 6.53. The van der Waals surface area contributed by atoms with E-state index in [0.717, 1.165) is 4.90 Å². The molecule has 18 heavy (non-hydrogen) atoms. The van der Waals surface area contributed by atoms with Gasteiger partial charge < -0.3 is 15.7 Å². The molecule has 1 aliphatic rings. The molecule has 0 aromatic heterocycles. The smallest absolute Gasteiger partial charge is 0.308 e. The summed E-state index contributed by atoms with van der Waals surface area (Å²) in [6.45, 7) is 1.76. The number of nitrogen functional groups attached to an aromatic ring is 1. The molecule has 5 nitrogen and oxygen atoms in total. The van der Waals surface area contributed by atoms with Gasteiger partial charge in [0.15, 0.2) is 0 Å². The highest BCUT2D eigenvalue weighted by Gasteiger charge is 2.27. The van der Waals surface area contributed by atoms with Crippen molar-refractivity contribution in [3.05, 3.63) is 18.2 Å². The molecule has 0 bridgehead atoms. The van der Waals surface area contributed by atoms with E-state index in [1.165, 1.54) is 16.7 Å². The number of carbonyl (C=O) groups is 2. The van der Waals surface area contributed by atoms with Crippen molar-refractivity contribution in [2.45, 2.75) is 11.8 Å². The molecule has 0 saturated carbocycles. The summed E-state index contributed by atoms with van der Waals surface area (Å²) in [5.74, 6) is -1.26. The van der Waals surface area contributed by atoms with E-state index in [2.05, 4.69) is 0 Å². The predicted molar refractivity (Wildman–Crippen MR) is 70.7 cm³/mol. The number of aliphatic carboxylic acids is 1. The van der Waals surface area contributed by atoms with Crippen LogP contribution in [0.5, 0.6) is 0 Å². The summed E-state index contributed by atoms with van der Waals surface area (Å²) < 4.78 is 0. The highest BCUT2D eigenvalue weighted by molar-refractivity contribution is 8.00. The minimum Gasteiger partial charge on any atom is -0.481 e. The van der Waals surface area contributed by atoms with Crippen molar-refractivity contribution in [3.8, 4) is 0 Å². The third-order valence-electron chi connectivity index (χ3n) is 2.80. The summed E-state index contributed by atoms with van der Waals surface area (Å²) >= 11 is 1.45. The molecule has 6 heteroatoms. The molecule has 3 N–H and O–H groups in total. The number of nitrogens with two attached hydrogens (primary N) is 1. The summed E-state index contributed by atoms with van der Waals surface area (Å²) in [7, 11) is 0. The summed E-state index contributed by atoms with van der Waals surface area (Å²) in [5, 5.41) is 8.93. The molecule has 1 unspecified atom stereocenters. The van der Waals surface area contributed by atoms with E-state index in [-0.39, 0.29) is 12.5 Å². The maximum absolute atomic E-state index is 11.9. The van der Waals surface area contributed by atoms with Crippen LogP contribution in [0.15, 0.2) is 23.1 Å². The standard InChI is InChI=1S/C12H14N2O3S/c1-7(12(16)17)5-14-9-4-8(13)2-3-10(9)18-6-11(14)15/h2-4,7H,5-6,13H2,1H3,(H,16,17). The van der Waals surface area contributed by atoms with Gasteiger partial charge in [0.2, 0.25) is 5.91 Å². The van der Waals surface area contributed by atoms with Gasteiger partial charge in [-0.2, -0.15) is 0 Å².